The minimum Gasteiger partial charge on any atom is -0.507 e. The first kappa shape index (κ1) is 29.9. The number of aliphatic hydroxyl groups is 4. The molecule has 3 aliphatic carbocycles. The van der Waals surface area contributed by atoms with Gasteiger partial charge < -0.3 is 39.7 Å². The molecule has 0 spiro atoms. The topological polar surface area (TPSA) is 197 Å². The molecule has 2 aliphatic heterocycles. The van der Waals surface area contributed by atoms with E-state index in [2.05, 4.69) is 0 Å². The molecule has 0 radical (unpaired) electrons. The van der Waals surface area contributed by atoms with Crippen molar-refractivity contribution in [2.75, 3.05) is 0 Å². The predicted molar refractivity (Wildman–Crippen MR) is 145 cm³/mol. The zero-order valence-corrected chi connectivity index (χ0v) is 23.9. The molecule has 1 aromatic carbocycles. The Morgan fingerprint density at radius 2 is 1.74 bits per heavy atom. The fourth-order valence-corrected chi connectivity index (χ4v) is 7.12. The Bertz CT molecular complexity index is 1490. The van der Waals surface area contributed by atoms with Crippen LogP contribution in [-0.2, 0) is 23.8 Å². The molecule has 0 amide bonds. The number of hydrogen-bond donors (Lipinski definition) is 5. The van der Waals surface area contributed by atoms with Gasteiger partial charge in [0.2, 0.25) is 0 Å². The summed E-state index contributed by atoms with van der Waals surface area (Å²) in [5.74, 6) is -3.35. The maximum atomic E-state index is 13.8. The van der Waals surface area contributed by atoms with Gasteiger partial charge in [0.15, 0.2) is 35.0 Å². The van der Waals surface area contributed by atoms with Gasteiger partial charge in [-0.3, -0.25) is 19.2 Å². The second-order valence-electron chi connectivity index (χ2n) is 12.6. The second-order valence-corrected chi connectivity index (χ2v) is 12.6. The number of phenols is 1. The normalized spacial score (nSPS) is 41.2. The molecule has 1 aromatic rings. The fraction of sp³-hybridized carbons (Fsp3) is 0.548. The number of carbonyl (C=O) groups excluding carboxylic acids is 4. The minimum atomic E-state index is -2.77. The van der Waals surface area contributed by atoms with E-state index in [4.69, 9.17) is 14.2 Å². The lowest BCUT2D eigenvalue weighted by atomic mass is 9.57. The summed E-state index contributed by atoms with van der Waals surface area (Å²) in [7, 11) is 0. The van der Waals surface area contributed by atoms with Crippen molar-refractivity contribution in [3.8, 4) is 5.75 Å². The molecular weight excluding hydrogens is 564 g/mol. The molecule has 9 unspecified atom stereocenters. The first-order chi connectivity index (χ1) is 20.1. The Morgan fingerprint density at radius 3 is 2.42 bits per heavy atom. The van der Waals surface area contributed by atoms with Crippen LogP contribution in [0, 0.1) is 0 Å². The number of aromatic hydroxyl groups is 1. The Balaban J connectivity index is 1.29. The Morgan fingerprint density at radius 1 is 1.02 bits per heavy atom. The van der Waals surface area contributed by atoms with Crippen molar-refractivity contribution < 1.29 is 58.9 Å². The highest BCUT2D eigenvalue weighted by atomic mass is 16.7. The molecule has 0 bridgehead atoms. The van der Waals surface area contributed by atoms with E-state index in [1.165, 1.54) is 19.1 Å². The van der Waals surface area contributed by atoms with Crippen molar-refractivity contribution in [2.24, 2.45) is 0 Å². The number of carbonyl (C=O) groups is 4. The third-order valence-electron chi connectivity index (χ3n) is 9.30. The highest BCUT2D eigenvalue weighted by Gasteiger charge is 2.66. The van der Waals surface area contributed by atoms with Crippen LogP contribution in [0.1, 0.15) is 85.3 Å². The summed E-state index contributed by atoms with van der Waals surface area (Å²) in [5.41, 5.74) is -8.19. The molecule has 5 aliphatic rings. The first-order valence-electron chi connectivity index (χ1n) is 14.3. The summed E-state index contributed by atoms with van der Waals surface area (Å²) in [6.45, 7) is 4.64. The van der Waals surface area contributed by atoms with E-state index in [1.54, 1.807) is 13.8 Å². The summed E-state index contributed by atoms with van der Waals surface area (Å²) in [4.78, 5) is 52.4. The van der Waals surface area contributed by atoms with Crippen molar-refractivity contribution in [3.63, 3.8) is 0 Å². The summed E-state index contributed by atoms with van der Waals surface area (Å²) >= 11 is 0. The lowest BCUT2D eigenvalue weighted by molar-refractivity contribution is -0.263. The van der Waals surface area contributed by atoms with Gasteiger partial charge in [-0.1, -0.05) is 12.1 Å². The van der Waals surface area contributed by atoms with Gasteiger partial charge in [-0.05, 0) is 32.9 Å². The third kappa shape index (κ3) is 4.47. The molecule has 1 saturated carbocycles. The van der Waals surface area contributed by atoms with Gasteiger partial charge >= 0.3 is 0 Å². The maximum Gasteiger partial charge on any atom is 0.198 e. The number of Topliss-reactive ketones (excluding diaryl/α,β-unsaturated/α-hetero) is 4. The van der Waals surface area contributed by atoms with Crippen LogP contribution in [0.4, 0.5) is 0 Å². The maximum absolute atomic E-state index is 13.8. The summed E-state index contributed by atoms with van der Waals surface area (Å²) in [5, 5.41) is 55.6. The number of benzene rings is 1. The van der Waals surface area contributed by atoms with Gasteiger partial charge in [-0.15, -0.1) is 0 Å². The smallest absolute Gasteiger partial charge is 0.198 e. The molecule has 9 atom stereocenters. The van der Waals surface area contributed by atoms with Gasteiger partial charge in [-0.25, -0.2) is 0 Å². The molecule has 230 valence electrons. The number of hydrogen-bond acceptors (Lipinski definition) is 12. The molecule has 2 heterocycles. The monoisotopic (exact) mass is 598 g/mol. The average Bonchev–Trinajstić information content (AvgIpc) is 2.91. The van der Waals surface area contributed by atoms with Crippen LogP contribution in [0.25, 0.3) is 0 Å². The number of aliphatic hydroxyl groups excluding tert-OH is 1. The van der Waals surface area contributed by atoms with E-state index in [0.29, 0.717) is 12.8 Å². The van der Waals surface area contributed by atoms with Crippen LogP contribution >= 0.6 is 0 Å². The number of ether oxygens (including phenoxy) is 3. The molecule has 0 aromatic heterocycles. The SMILES string of the molecule is CC1OC(OC2C(O)CC(c3ccc4c(c3O)C(=O)C3=C(C4=O)C4(O)C(=O)CC(C)(O)CC4(O)C=C3)OC2C)CCC1=O. The molecule has 5 N–H and O–H groups in total. The van der Waals surface area contributed by atoms with E-state index in [1.807, 2.05) is 0 Å². The number of ketones is 4. The highest BCUT2D eigenvalue weighted by Crippen LogP contribution is 2.52. The fourth-order valence-electron chi connectivity index (χ4n) is 7.12. The van der Waals surface area contributed by atoms with Gasteiger partial charge in [0.25, 0.3) is 0 Å². The van der Waals surface area contributed by atoms with Crippen LogP contribution in [-0.4, -0.2) is 96.2 Å². The Hall–Kier alpha value is -3.10. The van der Waals surface area contributed by atoms with Gasteiger partial charge in [0.1, 0.15) is 23.6 Å². The molecule has 12 heteroatoms. The van der Waals surface area contributed by atoms with Crippen LogP contribution < -0.4 is 0 Å². The average molecular weight is 599 g/mol. The Labute approximate surface area is 246 Å². The van der Waals surface area contributed by atoms with Crippen molar-refractivity contribution in [3.05, 3.63) is 52.1 Å². The minimum absolute atomic E-state index is 0.0280. The van der Waals surface area contributed by atoms with E-state index < -0.39 is 95.1 Å². The van der Waals surface area contributed by atoms with Gasteiger partial charge in [-0.2, -0.15) is 0 Å². The van der Waals surface area contributed by atoms with E-state index in [-0.39, 0.29) is 34.5 Å². The van der Waals surface area contributed by atoms with Crippen LogP contribution in [0.2, 0.25) is 0 Å². The summed E-state index contributed by atoms with van der Waals surface area (Å²) < 4.78 is 17.6. The third-order valence-corrected chi connectivity index (χ3v) is 9.30. The van der Waals surface area contributed by atoms with E-state index >= 15 is 0 Å². The van der Waals surface area contributed by atoms with Crippen LogP contribution in [0.3, 0.4) is 0 Å². The lowest BCUT2D eigenvalue weighted by Gasteiger charge is -2.51. The highest BCUT2D eigenvalue weighted by molar-refractivity contribution is 6.32. The van der Waals surface area contributed by atoms with Gasteiger partial charge in [0.05, 0.1) is 35.0 Å². The Kier molecular flexibility index (Phi) is 6.94. The summed E-state index contributed by atoms with van der Waals surface area (Å²) in [6.07, 6.45) is -2.99. The number of fused-ring (bicyclic) bond motifs is 3. The molecule has 12 nitrogen and oxygen atoms in total. The molecule has 43 heavy (non-hydrogen) atoms. The van der Waals surface area contributed by atoms with Crippen molar-refractivity contribution >= 4 is 23.1 Å². The molecule has 6 rings (SSSR count). The standard InChI is InChI=1S/C31H34O12/c1-13-18(32)6-7-22(42-13)43-28-14(2)41-20(10-19(28)33)15-4-5-16-23(25(15)35)26(36)17-8-9-30(39)12-29(3,38)11-21(34)31(30,40)24(17)27(16)37/h4-5,8-9,13-14,19-20,22,28,33,35,38-40H,6-7,10-12H2,1-3H3. The zero-order chi connectivity index (χ0) is 31.2. The van der Waals surface area contributed by atoms with Crippen LogP contribution in [0.5, 0.6) is 5.75 Å². The quantitative estimate of drug-likeness (QED) is 0.330. The van der Waals surface area contributed by atoms with Crippen molar-refractivity contribution in [1.29, 1.82) is 0 Å². The van der Waals surface area contributed by atoms with E-state index in [0.717, 1.165) is 12.2 Å². The number of rotatable bonds is 3. The van der Waals surface area contributed by atoms with Crippen LogP contribution in [0.15, 0.2) is 35.4 Å². The predicted octanol–water partition coefficient (Wildman–Crippen LogP) is 0.904. The molecule has 2 saturated heterocycles. The summed E-state index contributed by atoms with van der Waals surface area (Å²) in [6, 6.07) is 2.64. The van der Waals surface area contributed by atoms with Crippen molar-refractivity contribution in [2.45, 2.75) is 106 Å². The molecule has 3 fully saturated rings. The first-order valence-corrected chi connectivity index (χ1v) is 14.3. The number of phenolic OH excluding ortho intramolecular Hbond substituents is 1. The molecular formula is C31H34O12. The number of allylic oxidation sites excluding steroid dienone is 2. The largest absolute Gasteiger partial charge is 0.507 e. The zero-order valence-electron chi connectivity index (χ0n) is 23.9. The van der Waals surface area contributed by atoms with E-state index in [9.17, 15) is 44.7 Å². The van der Waals surface area contributed by atoms with Crippen molar-refractivity contribution in [1.82, 2.24) is 0 Å². The van der Waals surface area contributed by atoms with Gasteiger partial charge in [0, 0.05) is 48.8 Å². The second kappa shape index (κ2) is 9.96. The lowest BCUT2D eigenvalue weighted by Crippen LogP contribution is -2.69.